The van der Waals surface area contributed by atoms with Crippen molar-refractivity contribution < 1.29 is 4.79 Å². The van der Waals surface area contributed by atoms with E-state index in [-0.39, 0.29) is 5.92 Å². The third kappa shape index (κ3) is 5.34. The molecule has 0 amide bonds. The molecule has 0 fully saturated rings. The van der Waals surface area contributed by atoms with E-state index in [2.05, 4.69) is 20.8 Å². The molecule has 1 nitrogen and oxygen atoms in total. The minimum absolute atomic E-state index is 0.275. The fourth-order valence-corrected chi connectivity index (χ4v) is 1.16. The van der Waals surface area contributed by atoms with Gasteiger partial charge in [0.1, 0.15) is 5.78 Å². The van der Waals surface area contributed by atoms with Crippen molar-refractivity contribution in [3.63, 3.8) is 0 Å². The molecule has 1 heteroatoms. The number of rotatable bonds is 6. The average Bonchev–Trinajstić information content (AvgIpc) is 2.02. The third-order valence-electron chi connectivity index (χ3n) is 2.37. The zero-order valence-corrected chi connectivity index (χ0v) is 8.89. The Morgan fingerprint density at radius 3 is 2.25 bits per heavy atom. The first kappa shape index (κ1) is 11.7. The maximum atomic E-state index is 11.4. The highest BCUT2D eigenvalue weighted by Gasteiger charge is 2.09. The Kier molecular flexibility index (Phi) is 6.04. The van der Waals surface area contributed by atoms with Crippen LogP contribution in [0.25, 0.3) is 0 Å². The lowest BCUT2D eigenvalue weighted by Crippen LogP contribution is -2.09. The lowest BCUT2D eigenvalue weighted by atomic mass is 9.97. The summed E-state index contributed by atoms with van der Waals surface area (Å²) in [5.41, 5.74) is 0. The van der Waals surface area contributed by atoms with Crippen LogP contribution in [0.2, 0.25) is 0 Å². The van der Waals surface area contributed by atoms with E-state index in [0.29, 0.717) is 5.78 Å². The fourth-order valence-electron chi connectivity index (χ4n) is 1.16. The predicted octanol–water partition coefficient (Wildman–Crippen LogP) is 3.43. The van der Waals surface area contributed by atoms with Crippen LogP contribution in [0.15, 0.2) is 0 Å². The molecule has 1 atom stereocenters. The molecule has 0 heterocycles. The Bertz CT molecular complexity index is 127. The van der Waals surface area contributed by atoms with Crippen LogP contribution in [0, 0.1) is 11.8 Å². The van der Waals surface area contributed by atoms with E-state index < -0.39 is 0 Å². The summed E-state index contributed by atoms with van der Waals surface area (Å²) in [5, 5.41) is 0. The molecule has 72 valence electrons. The molecule has 0 spiro atoms. The summed E-state index contributed by atoms with van der Waals surface area (Å²) in [6, 6.07) is 0. The molecule has 0 aliphatic carbocycles. The van der Waals surface area contributed by atoms with Crippen molar-refractivity contribution >= 4 is 5.78 Å². The topological polar surface area (TPSA) is 17.1 Å². The first-order chi connectivity index (χ1) is 5.57. The Labute approximate surface area is 76.6 Å². The van der Waals surface area contributed by atoms with Crippen LogP contribution >= 0.6 is 0 Å². The van der Waals surface area contributed by atoms with Crippen LogP contribution in [0.1, 0.15) is 53.4 Å². The predicted molar refractivity (Wildman–Crippen MR) is 53.2 cm³/mol. The molecule has 1 unspecified atom stereocenters. The molecule has 0 aromatic heterocycles. The van der Waals surface area contributed by atoms with E-state index in [0.717, 1.165) is 25.2 Å². The van der Waals surface area contributed by atoms with Gasteiger partial charge in [0.25, 0.3) is 0 Å². The van der Waals surface area contributed by atoms with Gasteiger partial charge in [0.05, 0.1) is 0 Å². The molecule has 0 aliphatic rings. The van der Waals surface area contributed by atoms with Gasteiger partial charge in [-0.1, -0.05) is 34.1 Å². The molecular formula is C11H22O. The summed E-state index contributed by atoms with van der Waals surface area (Å²) in [6.07, 6.45) is 4.02. The molecule has 0 bridgehead atoms. The molecule has 0 N–H and O–H groups in total. The summed E-state index contributed by atoms with van der Waals surface area (Å²) >= 11 is 0. The van der Waals surface area contributed by atoms with Gasteiger partial charge in [-0.25, -0.2) is 0 Å². The maximum absolute atomic E-state index is 11.4. The number of Topliss-reactive ketones (excluding diaryl/α,β-unsaturated/α-hetero) is 1. The second-order valence-corrected chi connectivity index (χ2v) is 4.06. The quantitative estimate of drug-likeness (QED) is 0.597. The SMILES string of the molecule is CCC(C)C(=O)CCCC(C)C. The number of carbonyl (C=O) groups is 1. The van der Waals surface area contributed by atoms with E-state index in [9.17, 15) is 4.79 Å². The van der Waals surface area contributed by atoms with Gasteiger partial charge in [-0.3, -0.25) is 4.79 Å². The van der Waals surface area contributed by atoms with E-state index in [1.54, 1.807) is 0 Å². The second kappa shape index (κ2) is 6.22. The molecule has 0 saturated heterocycles. The first-order valence-corrected chi connectivity index (χ1v) is 5.10. The molecule has 0 saturated carbocycles. The van der Waals surface area contributed by atoms with Gasteiger partial charge in [-0.15, -0.1) is 0 Å². The number of carbonyl (C=O) groups excluding carboxylic acids is 1. The van der Waals surface area contributed by atoms with Crippen molar-refractivity contribution in [2.75, 3.05) is 0 Å². The monoisotopic (exact) mass is 170 g/mol. The fraction of sp³-hybridized carbons (Fsp3) is 0.909. The van der Waals surface area contributed by atoms with E-state index in [1.807, 2.05) is 6.92 Å². The molecule has 0 aromatic rings. The molecule has 0 aromatic carbocycles. The standard InChI is InChI=1S/C11H22O/c1-5-10(4)11(12)8-6-7-9(2)3/h9-10H,5-8H2,1-4H3. The van der Waals surface area contributed by atoms with Gasteiger partial charge >= 0.3 is 0 Å². The molecular weight excluding hydrogens is 148 g/mol. The lowest BCUT2D eigenvalue weighted by molar-refractivity contribution is -0.122. The van der Waals surface area contributed by atoms with Crippen molar-refractivity contribution in [2.45, 2.75) is 53.4 Å². The van der Waals surface area contributed by atoms with Crippen molar-refractivity contribution in [1.82, 2.24) is 0 Å². The summed E-state index contributed by atoms with van der Waals surface area (Å²) in [4.78, 5) is 11.4. The highest BCUT2D eigenvalue weighted by molar-refractivity contribution is 5.80. The zero-order valence-electron chi connectivity index (χ0n) is 8.89. The molecule has 0 rings (SSSR count). The van der Waals surface area contributed by atoms with Gasteiger partial charge < -0.3 is 0 Å². The van der Waals surface area contributed by atoms with E-state index in [4.69, 9.17) is 0 Å². The Morgan fingerprint density at radius 2 is 1.83 bits per heavy atom. The lowest BCUT2D eigenvalue weighted by Gasteiger charge is -2.07. The first-order valence-electron chi connectivity index (χ1n) is 5.10. The van der Waals surface area contributed by atoms with Crippen LogP contribution in [0.4, 0.5) is 0 Å². The van der Waals surface area contributed by atoms with Crippen LogP contribution < -0.4 is 0 Å². The number of hydrogen-bond acceptors (Lipinski definition) is 1. The molecule has 0 radical (unpaired) electrons. The third-order valence-corrected chi connectivity index (χ3v) is 2.37. The smallest absolute Gasteiger partial charge is 0.135 e. The van der Waals surface area contributed by atoms with Gasteiger partial charge in [0.15, 0.2) is 0 Å². The second-order valence-electron chi connectivity index (χ2n) is 4.06. The van der Waals surface area contributed by atoms with Gasteiger partial charge in [-0.05, 0) is 18.8 Å². The van der Waals surface area contributed by atoms with Crippen LogP contribution in [0.5, 0.6) is 0 Å². The summed E-state index contributed by atoms with van der Waals surface area (Å²) in [7, 11) is 0. The largest absolute Gasteiger partial charge is 0.299 e. The van der Waals surface area contributed by atoms with Crippen LogP contribution in [-0.2, 0) is 4.79 Å². The Morgan fingerprint density at radius 1 is 1.25 bits per heavy atom. The highest BCUT2D eigenvalue weighted by atomic mass is 16.1. The summed E-state index contributed by atoms with van der Waals surface area (Å²) < 4.78 is 0. The number of hydrogen-bond donors (Lipinski definition) is 0. The maximum Gasteiger partial charge on any atom is 0.135 e. The normalized spacial score (nSPS) is 13.4. The highest BCUT2D eigenvalue weighted by Crippen LogP contribution is 2.11. The Hall–Kier alpha value is -0.330. The van der Waals surface area contributed by atoms with Crippen LogP contribution in [-0.4, -0.2) is 5.78 Å². The van der Waals surface area contributed by atoms with Crippen molar-refractivity contribution in [3.05, 3.63) is 0 Å². The van der Waals surface area contributed by atoms with Crippen LogP contribution in [0.3, 0.4) is 0 Å². The minimum atomic E-state index is 0.275. The van der Waals surface area contributed by atoms with Crippen molar-refractivity contribution in [3.8, 4) is 0 Å². The van der Waals surface area contributed by atoms with Crippen molar-refractivity contribution in [1.29, 1.82) is 0 Å². The Balaban J connectivity index is 3.44. The summed E-state index contributed by atoms with van der Waals surface area (Å²) in [5.74, 6) is 1.45. The van der Waals surface area contributed by atoms with E-state index >= 15 is 0 Å². The zero-order chi connectivity index (χ0) is 9.56. The van der Waals surface area contributed by atoms with E-state index in [1.165, 1.54) is 6.42 Å². The van der Waals surface area contributed by atoms with Gasteiger partial charge in [-0.2, -0.15) is 0 Å². The molecule has 12 heavy (non-hydrogen) atoms. The van der Waals surface area contributed by atoms with Crippen molar-refractivity contribution in [2.24, 2.45) is 11.8 Å². The van der Waals surface area contributed by atoms with Gasteiger partial charge in [0, 0.05) is 12.3 Å². The molecule has 0 aliphatic heterocycles. The number of ketones is 1. The average molecular weight is 170 g/mol. The summed E-state index contributed by atoms with van der Waals surface area (Å²) in [6.45, 7) is 8.50. The van der Waals surface area contributed by atoms with Gasteiger partial charge in [0.2, 0.25) is 0 Å². The minimum Gasteiger partial charge on any atom is -0.299 e.